The van der Waals surface area contributed by atoms with Crippen molar-refractivity contribution in [1.82, 2.24) is 0 Å². The van der Waals surface area contributed by atoms with Gasteiger partial charge in [0.25, 0.3) is 0 Å². The van der Waals surface area contributed by atoms with Crippen molar-refractivity contribution in [2.75, 3.05) is 0 Å². The SMILES string of the molecule is C=CCc1cccc2c(=O)c(C)c(-c3ccccc3)oc12. The molecule has 0 spiro atoms. The molecule has 0 N–H and O–H groups in total. The monoisotopic (exact) mass is 276 g/mol. The van der Waals surface area contributed by atoms with E-state index in [1.54, 1.807) is 0 Å². The van der Waals surface area contributed by atoms with Crippen LogP contribution in [0.4, 0.5) is 0 Å². The zero-order valence-corrected chi connectivity index (χ0v) is 11.9. The van der Waals surface area contributed by atoms with Gasteiger partial charge in [0.05, 0.1) is 5.39 Å². The van der Waals surface area contributed by atoms with Crippen LogP contribution in [0.2, 0.25) is 0 Å². The second-order valence-electron chi connectivity index (χ2n) is 5.04. The molecule has 3 aromatic rings. The van der Waals surface area contributed by atoms with Crippen LogP contribution in [-0.4, -0.2) is 0 Å². The molecule has 1 heterocycles. The lowest BCUT2D eigenvalue weighted by molar-refractivity contribution is 0.610. The molecule has 1 aromatic heterocycles. The molecule has 0 amide bonds. The number of hydrogen-bond acceptors (Lipinski definition) is 2. The highest BCUT2D eigenvalue weighted by Crippen LogP contribution is 2.27. The number of rotatable bonds is 3. The van der Waals surface area contributed by atoms with Gasteiger partial charge < -0.3 is 4.42 Å². The minimum atomic E-state index is 0.0287. The van der Waals surface area contributed by atoms with E-state index in [2.05, 4.69) is 6.58 Å². The van der Waals surface area contributed by atoms with E-state index in [0.717, 1.165) is 11.1 Å². The third-order valence-corrected chi connectivity index (χ3v) is 3.63. The molecule has 104 valence electrons. The Kier molecular flexibility index (Phi) is 3.44. The van der Waals surface area contributed by atoms with E-state index < -0.39 is 0 Å². The predicted molar refractivity (Wildman–Crippen MR) is 86.6 cm³/mol. The first-order chi connectivity index (χ1) is 10.2. The van der Waals surface area contributed by atoms with Gasteiger partial charge in [0.15, 0.2) is 5.43 Å². The average Bonchev–Trinajstić information content (AvgIpc) is 2.52. The Morgan fingerprint density at radius 1 is 1.10 bits per heavy atom. The molecule has 0 unspecified atom stereocenters. The van der Waals surface area contributed by atoms with Gasteiger partial charge in [-0.3, -0.25) is 4.79 Å². The Morgan fingerprint density at radius 3 is 2.57 bits per heavy atom. The molecular formula is C19H16O2. The van der Waals surface area contributed by atoms with Crippen molar-refractivity contribution in [3.63, 3.8) is 0 Å². The molecule has 2 aromatic carbocycles. The summed E-state index contributed by atoms with van der Waals surface area (Å²) in [6, 6.07) is 15.4. The summed E-state index contributed by atoms with van der Waals surface area (Å²) in [7, 11) is 0. The summed E-state index contributed by atoms with van der Waals surface area (Å²) in [5.41, 5.74) is 3.23. The van der Waals surface area contributed by atoms with Crippen LogP contribution in [-0.2, 0) is 6.42 Å². The van der Waals surface area contributed by atoms with E-state index in [1.807, 2.05) is 61.5 Å². The summed E-state index contributed by atoms with van der Waals surface area (Å²) in [5, 5.41) is 0.631. The van der Waals surface area contributed by atoms with Crippen LogP contribution in [0.1, 0.15) is 11.1 Å². The highest BCUT2D eigenvalue weighted by molar-refractivity contribution is 5.83. The van der Waals surface area contributed by atoms with Gasteiger partial charge in [0.1, 0.15) is 11.3 Å². The Balaban J connectivity index is 2.37. The number of allylic oxidation sites excluding steroid dienone is 1. The molecule has 3 rings (SSSR count). The summed E-state index contributed by atoms with van der Waals surface area (Å²) in [6.45, 7) is 5.58. The molecule has 21 heavy (non-hydrogen) atoms. The van der Waals surface area contributed by atoms with Crippen molar-refractivity contribution in [2.24, 2.45) is 0 Å². The van der Waals surface area contributed by atoms with Crippen LogP contribution in [0.25, 0.3) is 22.3 Å². The molecular weight excluding hydrogens is 260 g/mol. The zero-order chi connectivity index (χ0) is 14.8. The third kappa shape index (κ3) is 2.29. The summed E-state index contributed by atoms with van der Waals surface area (Å²) < 4.78 is 6.10. The molecule has 2 nitrogen and oxygen atoms in total. The van der Waals surface area contributed by atoms with Gasteiger partial charge in [-0.25, -0.2) is 0 Å². The normalized spacial score (nSPS) is 10.7. The first-order valence-corrected chi connectivity index (χ1v) is 6.94. The molecule has 0 aliphatic heterocycles. The number of benzene rings is 2. The highest BCUT2D eigenvalue weighted by Gasteiger charge is 2.14. The topological polar surface area (TPSA) is 30.2 Å². The molecule has 0 saturated heterocycles. The molecule has 0 aliphatic rings. The molecule has 0 bridgehead atoms. The van der Waals surface area contributed by atoms with Crippen molar-refractivity contribution in [3.8, 4) is 11.3 Å². The largest absolute Gasteiger partial charge is 0.455 e. The summed E-state index contributed by atoms with van der Waals surface area (Å²) >= 11 is 0. The van der Waals surface area contributed by atoms with Crippen LogP contribution in [0.15, 0.2) is 70.4 Å². The lowest BCUT2D eigenvalue weighted by atomic mass is 10.0. The summed E-state index contributed by atoms with van der Waals surface area (Å²) in [6.07, 6.45) is 2.49. The predicted octanol–water partition coefficient (Wildman–Crippen LogP) is 4.50. The van der Waals surface area contributed by atoms with Crippen molar-refractivity contribution >= 4 is 11.0 Å². The quantitative estimate of drug-likeness (QED) is 0.659. The number of para-hydroxylation sites is 1. The van der Waals surface area contributed by atoms with E-state index in [9.17, 15) is 4.79 Å². The van der Waals surface area contributed by atoms with Crippen molar-refractivity contribution in [3.05, 3.63) is 82.5 Å². The summed E-state index contributed by atoms with van der Waals surface area (Å²) in [4.78, 5) is 12.6. The maximum atomic E-state index is 12.6. The van der Waals surface area contributed by atoms with Gasteiger partial charge in [-0.15, -0.1) is 6.58 Å². The van der Waals surface area contributed by atoms with E-state index in [-0.39, 0.29) is 5.43 Å². The van der Waals surface area contributed by atoms with E-state index in [1.165, 1.54) is 0 Å². The van der Waals surface area contributed by atoms with Crippen LogP contribution in [0.5, 0.6) is 0 Å². The second-order valence-corrected chi connectivity index (χ2v) is 5.04. The highest BCUT2D eigenvalue weighted by atomic mass is 16.3. The molecule has 0 fully saturated rings. The lowest BCUT2D eigenvalue weighted by Gasteiger charge is -2.09. The molecule has 0 saturated carbocycles. The third-order valence-electron chi connectivity index (χ3n) is 3.63. The van der Waals surface area contributed by atoms with E-state index >= 15 is 0 Å². The standard InChI is InChI=1S/C19H16O2/c1-3-8-14-11-7-12-16-17(20)13(2)18(21-19(14)16)15-9-5-4-6-10-15/h3-7,9-12H,1,8H2,2H3. The minimum absolute atomic E-state index is 0.0287. The fourth-order valence-corrected chi connectivity index (χ4v) is 2.55. The van der Waals surface area contributed by atoms with Gasteiger partial charge in [-0.2, -0.15) is 0 Å². The Labute approximate surface area is 123 Å². The molecule has 0 radical (unpaired) electrons. The van der Waals surface area contributed by atoms with Gasteiger partial charge in [0.2, 0.25) is 0 Å². The van der Waals surface area contributed by atoms with E-state index in [0.29, 0.717) is 28.7 Å². The minimum Gasteiger partial charge on any atom is -0.455 e. The smallest absolute Gasteiger partial charge is 0.196 e. The fraction of sp³-hybridized carbons (Fsp3) is 0.105. The van der Waals surface area contributed by atoms with Crippen LogP contribution >= 0.6 is 0 Å². The maximum Gasteiger partial charge on any atom is 0.196 e. The molecule has 2 heteroatoms. The first-order valence-electron chi connectivity index (χ1n) is 6.94. The first kappa shape index (κ1) is 13.4. The fourth-order valence-electron chi connectivity index (χ4n) is 2.55. The van der Waals surface area contributed by atoms with Crippen LogP contribution in [0, 0.1) is 6.92 Å². The van der Waals surface area contributed by atoms with E-state index in [4.69, 9.17) is 4.42 Å². The Bertz CT molecular complexity index is 858. The lowest BCUT2D eigenvalue weighted by Crippen LogP contribution is -2.08. The summed E-state index contributed by atoms with van der Waals surface area (Å²) in [5.74, 6) is 0.643. The van der Waals surface area contributed by atoms with Crippen molar-refractivity contribution in [2.45, 2.75) is 13.3 Å². The van der Waals surface area contributed by atoms with Crippen LogP contribution < -0.4 is 5.43 Å². The molecule has 0 aliphatic carbocycles. The van der Waals surface area contributed by atoms with Gasteiger partial charge in [-0.05, 0) is 25.0 Å². The second kappa shape index (κ2) is 5.41. The van der Waals surface area contributed by atoms with Crippen molar-refractivity contribution < 1.29 is 4.42 Å². The Morgan fingerprint density at radius 2 is 1.86 bits per heavy atom. The maximum absolute atomic E-state index is 12.6. The van der Waals surface area contributed by atoms with Gasteiger partial charge >= 0.3 is 0 Å². The zero-order valence-electron chi connectivity index (χ0n) is 11.9. The van der Waals surface area contributed by atoms with Crippen LogP contribution in [0.3, 0.4) is 0 Å². The number of hydrogen-bond donors (Lipinski definition) is 0. The average molecular weight is 276 g/mol. The van der Waals surface area contributed by atoms with Crippen molar-refractivity contribution in [1.29, 1.82) is 0 Å². The number of fused-ring (bicyclic) bond motifs is 1. The van der Waals surface area contributed by atoms with Gasteiger partial charge in [-0.1, -0.05) is 48.5 Å². The Hall–Kier alpha value is -2.61. The van der Waals surface area contributed by atoms with Gasteiger partial charge in [0, 0.05) is 11.1 Å². The molecule has 0 atom stereocenters.